The Bertz CT molecular complexity index is 764. The molecule has 0 spiro atoms. The Morgan fingerprint density at radius 1 is 1.19 bits per heavy atom. The van der Waals surface area contributed by atoms with E-state index in [1.54, 1.807) is 0 Å². The van der Waals surface area contributed by atoms with Crippen molar-refractivity contribution in [3.63, 3.8) is 0 Å². The van der Waals surface area contributed by atoms with Gasteiger partial charge < -0.3 is 15.5 Å². The summed E-state index contributed by atoms with van der Waals surface area (Å²) in [4.78, 5) is 2.39. The lowest BCUT2D eigenvalue weighted by atomic mass is 10.1. The van der Waals surface area contributed by atoms with E-state index in [0.29, 0.717) is 5.11 Å². The Kier molecular flexibility index (Phi) is 7.80. The molecule has 1 atom stereocenters. The van der Waals surface area contributed by atoms with Gasteiger partial charge in [0.15, 0.2) is 5.11 Å². The molecule has 0 saturated heterocycles. The molecule has 1 unspecified atom stereocenters. The predicted octanol–water partition coefficient (Wildman–Crippen LogP) is 3.87. The summed E-state index contributed by atoms with van der Waals surface area (Å²) in [6.45, 7) is 16.6. The average molecular weight is 388 g/mol. The first-order chi connectivity index (χ1) is 12.8. The van der Waals surface area contributed by atoms with Crippen molar-refractivity contribution in [2.75, 3.05) is 25.0 Å². The van der Waals surface area contributed by atoms with Crippen molar-refractivity contribution in [2.24, 2.45) is 0 Å². The molecular weight excluding hydrogens is 354 g/mol. The molecular formula is C21H33N5S. The fourth-order valence-electron chi connectivity index (χ4n) is 3.27. The monoisotopic (exact) mass is 387 g/mol. The highest BCUT2D eigenvalue weighted by atomic mass is 32.1. The molecule has 0 aliphatic heterocycles. The third-order valence-electron chi connectivity index (χ3n) is 5.01. The van der Waals surface area contributed by atoms with Crippen LogP contribution in [0.2, 0.25) is 0 Å². The van der Waals surface area contributed by atoms with E-state index in [2.05, 4.69) is 74.4 Å². The van der Waals surface area contributed by atoms with Gasteiger partial charge in [0, 0.05) is 12.6 Å². The van der Waals surface area contributed by atoms with Crippen molar-refractivity contribution in [3.05, 3.63) is 46.8 Å². The Morgan fingerprint density at radius 3 is 2.48 bits per heavy atom. The van der Waals surface area contributed by atoms with E-state index >= 15 is 0 Å². The van der Waals surface area contributed by atoms with Gasteiger partial charge in [0.05, 0.1) is 23.6 Å². The number of rotatable bonds is 8. The molecule has 27 heavy (non-hydrogen) atoms. The number of nitrogens with one attached hydrogen (secondary N) is 2. The summed E-state index contributed by atoms with van der Waals surface area (Å²) in [6.07, 6.45) is 0. The maximum atomic E-state index is 5.54. The van der Waals surface area contributed by atoms with Crippen LogP contribution in [0, 0.1) is 20.8 Å². The lowest BCUT2D eigenvalue weighted by Gasteiger charge is -2.24. The van der Waals surface area contributed by atoms with Gasteiger partial charge in [-0.3, -0.25) is 4.68 Å². The van der Waals surface area contributed by atoms with Gasteiger partial charge in [-0.05, 0) is 64.1 Å². The minimum Gasteiger partial charge on any atom is -0.359 e. The Morgan fingerprint density at radius 2 is 1.85 bits per heavy atom. The van der Waals surface area contributed by atoms with E-state index in [1.165, 1.54) is 11.1 Å². The highest BCUT2D eigenvalue weighted by Crippen LogP contribution is 2.21. The molecule has 0 radical (unpaired) electrons. The second kappa shape index (κ2) is 9.85. The molecule has 1 heterocycles. The van der Waals surface area contributed by atoms with Gasteiger partial charge in [0.2, 0.25) is 0 Å². The Labute approximate surface area is 169 Å². The summed E-state index contributed by atoms with van der Waals surface area (Å²) in [7, 11) is 0. The molecule has 2 N–H and O–H groups in total. The van der Waals surface area contributed by atoms with Crippen LogP contribution in [0.1, 0.15) is 43.3 Å². The summed E-state index contributed by atoms with van der Waals surface area (Å²) in [6, 6.07) is 8.71. The van der Waals surface area contributed by atoms with Crippen molar-refractivity contribution in [1.82, 2.24) is 20.0 Å². The lowest BCUT2D eigenvalue weighted by molar-refractivity contribution is 0.282. The molecule has 6 heteroatoms. The number of aryl methyl sites for hydroxylation is 2. The SMILES string of the molecule is CCN(CC)CC(C)NC(=S)Nc1c(C)nn(Cc2ccccc2C)c1C. The third kappa shape index (κ3) is 5.78. The van der Waals surface area contributed by atoms with Gasteiger partial charge in [-0.1, -0.05) is 38.1 Å². The van der Waals surface area contributed by atoms with Gasteiger partial charge in [0.25, 0.3) is 0 Å². The van der Waals surface area contributed by atoms with Crippen molar-refractivity contribution in [3.8, 4) is 0 Å². The van der Waals surface area contributed by atoms with E-state index in [0.717, 1.165) is 43.3 Å². The van der Waals surface area contributed by atoms with Gasteiger partial charge in [0.1, 0.15) is 0 Å². The topological polar surface area (TPSA) is 45.1 Å². The summed E-state index contributed by atoms with van der Waals surface area (Å²) < 4.78 is 2.04. The number of hydrogen-bond acceptors (Lipinski definition) is 3. The largest absolute Gasteiger partial charge is 0.359 e. The second-order valence-electron chi connectivity index (χ2n) is 7.12. The van der Waals surface area contributed by atoms with E-state index in [9.17, 15) is 0 Å². The third-order valence-corrected chi connectivity index (χ3v) is 5.23. The first-order valence-corrected chi connectivity index (χ1v) is 10.1. The molecule has 0 bridgehead atoms. The van der Waals surface area contributed by atoms with Crippen molar-refractivity contribution < 1.29 is 0 Å². The number of nitrogens with zero attached hydrogens (tertiary/aromatic N) is 3. The zero-order valence-electron chi connectivity index (χ0n) is 17.5. The molecule has 0 amide bonds. The molecule has 2 rings (SSSR count). The zero-order valence-corrected chi connectivity index (χ0v) is 18.3. The number of benzene rings is 1. The zero-order chi connectivity index (χ0) is 20.0. The molecule has 0 fully saturated rings. The van der Waals surface area contributed by atoms with Crippen LogP contribution in [-0.2, 0) is 6.54 Å². The number of anilines is 1. The number of thiocarbonyl (C=S) groups is 1. The highest BCUT2D eigenvalue weighted by molar-refractivity contribution is 7.80. The van der Waals surface area contributed by atoms with Crippen molar-refractivity contribution in [2.45, 2.75) is 54.1 Å². The van der Waals surface area contributed by atoms with E-state index in [1.807, 2.05) is 11.6 Å². The van der Waals surface area contributed by atoms with Gasteiger partial charge >= 0.3 is 0 Å². The smallest absolute Gasteiger partial charge is 0.171 e. The van der Waals surface area contributed by atoms with Crippen LogP contribution < -0.4 is 10.6 Å². The van der Waals surface area contributed by atoms with Crippen molar-refractivity contribution >= 4 is 23.0 Å². The maximum Gasteiger partial charge on any atom is 0.171 e. The summed E-state index contributed by atoms with van der Waals surface area (Å²) in [5.41, 5.74) is 5.61. The fourth-order valence-corrected chi connectivity index (χ4v) is 3.57. The summed E-state index contributed by atoms with van der Waals surface area (Å²) in [5, 5.41) is 12.1. The number of aromatic nitrogens is 2. The molecule has 1 aromatic carbocycles. The second-order valence-corrected chi connectivity index (χ2v) is 7.52. The first-order valence-electron chi connectivity index (χ1n) is 9.74. The van der Waals surface area contributed by atoms with Crippen LogP contribution in [-0.4, -0.2) is 45.5 Å². The molecule has 148 valence electrons. The van der Waals surface area contributed by atoms with Gasteiger partial charge in [-0.2, -0.15) is 5.10 Å². The maximum absolute atomic E-state index is 5.54. The van der Waals surface area contributed by atoms with Crippen LogP contribution in [0.5, 0.6) is 0 Å². The summed E-state index contributed by atoms with van der Waals surface area (Å²) >= 11 is 5.54. The van der Waals surface area contributed by atoms with Crippen LogP contribution >= 0.6 is 12.2 Å². The molecule has 2 aromatic rings. The van der Waals surface area contributed by atoms with E-state index in [4.69, 9.17) is 17.3 Å². The van der Waals surface area contributed by atoms with Gasteiger partial charge in [-0.15, -0.1) is 0 Å². The number of likely N-dealkylation sites (N-methyl/N-ethyl adjacent to an activating group) is 1. The van der Waals surface area contributed by atoms with Gasteiger partial charge in [-0.25, -0.2) is 0 Å². The Balaban J connectivity index is 2.03. The van der Waals surface area contributed by atoms with Crippen molar-refractivity contribution in [1.29, 1.82) is 0 Å². The molecule has 1 aromatic heterocycles. The van der Waals surface area contributed by atoms with E-state index < -0.39 is 0 Å². The Hall–Kier alpha value is -1.92. The average Bonchev–Trinajstić information content (AvgIpc) is 2.89. The fraction of sp³-hybridized carbons (Fsp3) is 0.524. The number of hydrogen-bond donors (Lipinski definition) is 2. The van der Waals surface area contributed by atoms with Crippen LogP contribution in [0.15, 0.2) is 24.3 Å². The van der Waals surface area contributed by atoms with Crippen LogP contribution in [0.4, 0.5) is 5.69 Å². The minimum absolute atomic E-state index is 0.285. The first kappa shape index (κ1) is 21.4. The quantitative estimate of drug-likeness (QED) is 0.673. The molecule has 0 saturated carbocycles. The standard InChI is InChI=1S/C21H33N5S/c1-7-25(8-2)13-16(4)22-21(27)23-20-17(5)24-26(18(20)6)14-19-12-10-9-11-15(19)3/h9-12,16H,7-8,13-14H2,1-6H3,(H2,22,23,27). The summed E-state index contributed by atoms with van der Waals surface area (Å²) in [5.74, 6) is 0. The van der Waals surface area contributed by atoms with Crippen LogP contribution in [0.3, 0.4) is 0 Å². The lowest BCUT2D eigenvalue weighted by Crippen LogP contribution is -2.43. The predicted molar refractivity (Wildman–Crippen MR) is 119 cm³/mol. The molecule has 5 nitrogen and oxygen atoms in total. The molecule has 0 aliphatic carbocycles. The highest BCUT2D eigenvalue weighted by Gasteiger charge is 2.15. The molecule has 0 aliphatic rings. The van der Waals surface area contributed by atoms with E-state index in [-0.39, 0.29) is 6.04 Å². The van der Waals surface area contributed by atoms with Crippen LogP contribution in [0.25, 0.3) is 0 Å². The minimum atomic E-state index is 0.285. The normalized spacial score (nSPS) is 12.3.